The summed E-state index contributed by atoms with van der Waals surface area (Å²) in [6, 6.07) is 0. The molecule has 0 aliphatic heterocycles. The molecule has 4 fully saturated rings. The molecule has 3 heteroatoms. The van der Waals surface area contributed by atoms with Crippen LogP contribution in [0.15, 0.2) is 0 Å². The maximum Gasteiger partial charge on any atom is 0.309 e. The van der Waals surface area contributed by atoms with Crippen molar-refractivity contribution in [3.05, 3.63) is 0 Å². The van der Waals surface area contributed by atoms with Crippen molar-refractivity contribution in [1.82, 2.24) is 0 Å². The van der Waals surface area contributed by atoms with Gasteiger partial charge < -0.3 is 9.84 Å². The highest BCUT2D eigenvalue weighted by Crippen LogP contribution is 2.67. The molecule has 0 aromatic heterocycles. The summed E-state index contributed by atoms with van der Waals surface area (Å²) in [5.41, 5.74) is 0.582. The molecule has 8 atom stereocenters. The van der Waals surface area contributed by atoms with Crippen molar-refractivity contribution in [1.29, 1.82) is 0 Å². The van der Waals surface area contributed by atoms with Crippen molar-refractivity contribution >= 4 is 5.97 Å². The van der Waals surface area contributed by atoms with Gasteiger partial charge in [0, 0.05) is 0 Å². The molecule has 4 aliphatic rings. The molecule has 0 aromatic rings. The van der Waals surface area contributed by atoms with Gasteiger partial charge in [0.25, 0.3) is 0 Å². The fourth-order valence-corrected chi connectivity index (χ4v) is 7.76. The Morgan fingerprint density at radius 3 is 2.42 bits per heavy atom. The van der Waals surface area contributed by atoms with Crippen LogP contribution in [0, 0.1) is 40.4 Å². The molecule has 4 aliphatic carbocycles. The fraction of sp³-hybridized carbons (Fsp3) is 0.952. The van der Waals surface area contributed by atoms with E-state index in [1.165, 1.54) is 38.5 Å². The first-order valence-electron chi connectivity index (χ1n) is 10.2. The molecule has 0 aromatic carbocycles. The van der Waals surface area contributed by atoms with Gasteiger partial charge in [0.1, 0.15) is 0 Å². The predicted molar refractivity (Wildman–Crippen MR) is 93.2 cm³/mol. The predicted octanol–water partition coefficient (Wildman–Crippen LogP) is 4.18. The van der Waals surface area contributed by atoms with E-state index in [0.717, 1.165) is 31.1 Å². The molecule has 4 saturated carbocycles. The highest BCUT2D eigenvalue weighted by Gasteiger charge is 2.61. The Bertz CT molecular complexity index is 517. The van der Waals surface area contributed by atoms with Gasteiger partial charge in [0.05, 0.1) is 19.1 Å². The zero-order valence-corrected chi connectivity index (χ0v) is 15.6. The van der Waals surface area contributed by atoms with Crippen molar-refractivity contribution in [3.63, 3.8) is 0 Å². The largest absolute Gasteiger partial charge is 0.469 e. The Kier molecular flexibility index (Phi) is 4.02. The molecule has 0 spiro atoms. The number of ether oxygens (including phenoxy) is 1. The van der Waals surface area contributed by atoms with Crippen LogP contribution in [0.3, 0.4) is 0 Å². The van der Waals surface area contributed by atoms with Gasteiger partial charge in [-0.3, -0.25) is 4.79 Å². The Balaban J connectivity index is 1.60. The van der Waals surface area contributed by atoms with E-state index in [1.807, 2.05) is 0 Å². The molecule has 0 amide bonds. The second kappa shape index (κ2) is 5.72. The summed E-state index contributed by atoms with van der Waals surface area (Å²) in [6.45, 7) is 4.90. The highest BCUT2D eigenvalue weighted by atomic mass is 16.5. The van der Waals surface area contributed by atoms with Gasteiger partial charge in [-0.15, -0.1) is 0 Å². The first-order chi connectivity index (χ1) is 11.4. The lowest BCUT2D eigenvalue weighted by Gasteiger charge is -2.60. The number of hydrogen-bond donors (Lipinski definition) is 1. The first-order valence-corrected chi connectivity index (χ1v) is 10.2. The third-order valence-corrected chi connectivity index (χ3v) is 9.12. The second-order valence-electron chi connectivity index (χ2n) is 9.78. The monoisotopic (exact) mass is 334 g/mol. The zero-order valence-electron chi connectivity index (χ0n) is 15.6. The number of aliphatic hydroxyl groups is 1. The number of hydrogen-bond acceptors (Lipinski definition) is 3. The minimum absolute atomic E-state index is 0.0270. The van der Waals surface area contributed by atoms with Crippen molar-refractivity contribution < 1.29 is 14.6 Å². The van der Waals surface area contributed by atoms with Crippen LogP contribution < -0.4 is 0 Å². The SMILES string of the molecule is COC(=O)[C@H]1CC[C@H]2[C@@H]3CC[C@H]4C[C@@H](O)CC[C@]4(C)[C@H]3CC[C@]12C. The highest BCUT2D eigenvalue weighted by molar-refractivity contribution is 5.73. The lowest BCUT2D eigenvalue weighted by atomic mass is 9.44. The molecular weight excluding hydrogens is 300 g/mol. The Hall–Kier alpha value is -0.570. The van der Waals surface area contributed by atoms with Crippen LogP contribution in [-0.4, -0.2) is 24.3 Å². The van der Waals surface area contributed by atoms with Crippen LogP contribution in [0.5, 0.6) is 0 Å². The van der Waals surface area contributed by atoms with E-state index < -0.39 is 0 Å². The van der Waals surface area contributed by atoms with Crippen LogP contribution in [0.2, 0.25) is 0 Å². The molecule has 1 N–H and O–H groups in total. The second-order valence-corrected chi connectivity index (χ2v) is 9.78. The summed E-state index contributed by atoms with van der Waals surface area (Å²) in [5, 5.41) is 10.1. The Morgan fingerprint density at radius 1 is 0.958 bits per heavy atom. The van der Waals surface area contributed by atoms with Gasteiger partial charge in [-0.05, 0) is 92.3 Å². The summed E-state index contributed by atoms with van der Waals surface area (Å²) < 4.78 is 5.14. The van der Waals surface area contributed by atoms with E-state index in [0.29, 0.717) is 17.3 Å². The van der Waals surface area contributed by atoms with Crippen molar-refractivity contribution in [2.75, 3.05) is 7.11 Å². The third kappa shape index (κ3) is 2.22. The maximum absolute atomic E-state index is 12.3. The zero-order chi connectivity index (χ0) is 17.1. The van der Waals surface area contributed by atoms with E-state index in [9.17, 15) is 9.90 Å². The van der Waals surface area contributed by atoms with Gasteiger partial charge in [0.2, 0.25) is 0 Å². The van der Waals surface area contributed by atoms with E-state index in [1.54, 1.807) is 7.11 Å². The van der Waals surface area contributed by atoms with Crippen molar-refractivity contribution in [3.8, 4) is 0 Å². The maximum atomic E-state index is 12.3. The summed E-state index contributed by atoms with van der Waals surface area (Å²) in [6.07, 6.45) is 10.4. The Morgan fingerprint density at radius 2 is 1.67 bits per heavy atom. The van der Waals surface area contributed by atoms with Gasteiger partial charge in [-0.1, -0.05) is 13.8 Å². The molecule has 0 unspecified atom stereocenters. The number of aliphatic hydroxyl groups excluding tert-OH is 1. The molecule has 0 heterocycles. The molecule has 0 radical (unpaired) electrons. The van der Waals surface area contributed by atoms with E-state index >= 15 is 0 Å². The Labute approximate surface area is 146 Å². The minimum atomic E-state index is -0.0660. The molecule has 24 heavy (non-hydrogen) atoms. The summed E-state index contributed by atoms with van der Waals surface area (Å²) in [7, 11) is 1.55. The smallest absolute Gasteiger partial charge is 0.309 e. The minimum Gasteiger partial charge on any atom is -0.469 e. The fourth-order valence-electron chi connectivity index (χ4n) is 7.76. The van der Waals surface area contributed by atoms with Crippen LogP contribution in [0.25, 0.3) is 0 Å². The van der Waals surface area contributed by atoms with E-state index in [4.69, 9.17) is 4.74 Å². The third-order valence-electron chi connectivity index (χ3n) is 9.12. The van der Waals surface area contributed by atoms with Crippen molar-refractivity contribution in [2.24, 2.45) is 40.4 Å². The van der Waals surface area contributed by atoms with Crippen LogP contribution >= 0.6 is 0 Å². The average Bonchev–Trinajstić information content (AvgIpc) is 2.92. The number of carbonyl (C=O) groups excluding carboxylic acids is 1. The summed E-state index contributed by atoms with van der Waals surface area (Å²) in [5.74, 6) is 3.15. The topological polar surface area (TPSA) is 46.5 Å². The quantitative estimate of drug-likeness (QED) is 0.732. The van der Waals surface area contributed by atoms with Crippen LogP contribution in [-0.2, 0) is 9.53 Å². The lowest BCUT2D eigenvalue weighted by Crippen LogP contribution is -2.54. The molecule has 136 valence electrons. The average molecular weight is 335 g/mol. The van der Waals surface area contributed by atoms with E-state index in [2.05, 4.69) is 13.8 Å². The number of esters is 1. The molecule has 0 saturated heterocycles. The molecule has 4 rings (SSSR count). The number of fused-ring (bicyclic) bond motifs is 5. The number of carbonyl (C=O) groups is 1. The van der Waals surface area contributed by atoms with Crippen LogP contribution in [0.4, 0.5) is 0 Å². The lowest BCUT2D eigenvalue weighted by molar-refractivity contribution is -0.157. The number of rotatable bonds is 1. The van der Waals surface area contributed by atoms with Gasteiger partial charge in [-0.25, -0.2) is 0 Å². The van der Waals surface area contributed by atoms with E-state index in [-0.39, 0.29) is 23.4 Å². The molecule has 3 nitrogen and oxygen atoms in total. The first kappa shape index (κ1) is 16.9. The van der Waals surface area contributed by atoms with Crippen LogP contribution in [0.1, 0.15) is 71.6 Å². The normalized spacial score (nSPS) is 53.7. The molecular formula is C21H34O3. The van der Waals surface area contributed by atoms with Gasteiger partial charge in [0.15, 0.2) is 0 Å². The van der Waals surface area contributed by atoms with Crippen molar-refractivity contribution in [2.45, 2.75) is 77.7 Å². The summed E-state index contributed by atoms with van der Waals surface area (Å²) >= 11 is 0. The molecule has 0 bridgehead atoms. The van der Waals surface area contributed by atoms with Gasteiger partial charge in [-0.2, -0.15) is 0 Å². The summed E-state index contributed by atoms with van der Waals surface area (Å²) in [4.78, 5) is 12.3. The standard InChI is InChI=1S/C21H34O3/c1-20-10-8-14(22)12-13(20)4-5-15-16-6-7-18(19(23)24-3)21(16,2)11-9-17(15)20/h13-18,22H,4-12H2,1-3H3/t13-,14-,15-,16-,17-,18+,20-,21-/m0/s1. The van der Waals surface area contributed by atoms with Gasteiger partial charge >= 0.3 is 5.97 Å². The number of methoxy groups -OCH3 is 1.